The Labute approximate surface area is 107 Å². The number of anilines is 1. The molecule has 4 heteroatoms. The third-order valence-corrected chi connectivity index (χ3v) is 3.58. The minimum Gasteiger partial charge on any atom is -0.368 e. The maximum atomic E-state index is 11.9. The molecule has 0 aromatic heterocycles. The topological polar surface area (TPSA) is 50.4 Å². The molecule has 0 radical (unpaired) electrons. The number of hydrogen-bond acceptors (Lipinski definition) is 3. The summed E-state index contributed by atoms with van der Waals surface area (Å²) in [7, 11) is 0. The van der Waals surface area contributed by atoms with Gasteiger partial charge in [-0.2, -0.15) is 0 Å². The Hall–Kier alpha value is -1.39. The summed E-state index contributed by atoms with van der Waals surface area (Å²) in [6, 6.07) is 6.16. The van der Waals surface area contributed by atoms with Gasteiger partial charge in [0.25, 0.3) is 5.91 Å². The van der Waals surface area contributed by atoms with Gasteiger partial charge < -0.3 is 15.4 Å². The van der Waals surface area contributed by atoms with Gasteiger partial charge in [0, 0.05) is 18.8 Å². The lowest BCUT2D eigenvalue weighted by atomic mass is 10.0. The van der Waals surface area contributed by atoms with E-state index in [1.54, 1.807) is 0 Å². The van der Waals surface area contributed by atoms with Crippen molar-refractivity contribution in [1.82, 2.24) is 5.32 Å². The monoisotopic (exact) mass is 246 g/mol. The highest BCUT2D eigenvalue weighted by molar-refractivity contribution is 5.94. The molecule has 1 aromatic rings. The van der Waals surface area contributed by atoms with Crippen molar-refractivity contribution in [2.45, 2.75) is 31.9 Å². The van der Waals surface area contributed by atoms with Gasteiger partial charge in [0.05, 0.1) is 0 Å². The molecule has 18 heavy (non-hydrogen) atoms. The van der Waals surface area contributed by atoms with Gasteiger partial charge in [0.1, 0.15) is 6.10 Å². The quantitative estimate of drug-likeness (QED) is 0.830. The average molecular weight is 246 g/mol. The summed E-state index contributed by atoms with van der Waals surface area (Å²) in [4.78, 5) is 11.9. The second kappa shape index (κ2) is 5.08. The van der Waals surface area contributed by atoms with Gasteiger partial charge in [-0.25, -0.2) is 0 Å². The Morgan fingerprint density at radius 2 is 2.33 bits per heavy atom. The number of fused-ring (bicyclic) bond motifs is 1. The fourth-order valence-corrected chi connectivity index (χ4v) is 2.57. The van der Waals surface area contributed by atoms with Crippen molar-refractivity contribution in [3.8, 4) is 0 Å². The van der Waals surface area contributed by atoms with Crippen LogP contribution in [0.1, 0.15) is 24.0 Å². The van der Waals surface area contributed by atoms with Gasteiger partial charge in [-0.15, -0.1) is 0 Å². The Morgan fingerprint density at radius 3 is 3.17 bits per heavy atom. The lowest BCUT2D eigenvalue weighted by Gasteiger charge is -2.18. The number of ether oxygens (including phenoxy) is 1. The minimum absolute atomic E-state index is 0.0174. The summed E-state index contributed by atoms with van der Waals surface area (Å²) in [5, 5.41) is 6.28. The molecule has 3 rings (SSSR count). The van der Waals surface area contributed by atoms with Gasteiger partial charge in [-0.3, -0.25) is 4.79 Å². The molecule has 2 N–H and O–H groups in total. The lowest BCUT2D eigenvalue weighted by Crippen LogP contribution is -2.27. The van der Waals surface area contributed by atoms with Crippen LogP contribution in [-0.2, 0) is 22.5 Å². The average Bonchev–Trinajstić information content (AvgIpc) is 2.92. The molecule has 4 nitrogen and oxygen atoms in total. The van der Waals surface area contributed by atoms with E-state index in [0.29, 0.717) is 6.61 Å². The predicted octanol–water partition coefficient (Wildman–Crippen LogP) is 1.45. The fourth-order valence-electron chi connectivity index (χ4n) is 2.57. The van der Waals surface area contributed by atoms with Crippen molar-refractivity contribution < 1.29 is 9.53 Å². The molecule has 1 amide bonds. The van der Waals surface area contributed by atoms with E-state index in [9.17, 15) is 4.79 Å². The van der Waals surface area contributed by atoms with Crippen LogP contribution in [0, 0.1) is 0 Å². The van der Waals surface area contributed by atoms with Crippen LogP contribution < -0.4 is 10.6 Å². The summed E-state index contributed by atoms with van der Waals surface area (Å²) < 4.78 is 5.38. The zero-order valence-corrected chi connectivity index (χ0v) is 10.4. The van der Waals surface area contributed by atoms with Crippen LogP contribution in [0.3, 0.4) is 0 Å². The number of hydrogen-bond donors (Lipinski definition) is 2. The Kier molecular flexibility index (Phi) is 3.30. The Bertz CT molecular complexity index is 453. The summed E-state index contributed by atoms with van der Waals surface area (Å²) in [5.41, 5.74) is 3.54. The molecule has 0 saturated carbocycles. The number of carbonyl (C=O) groups excluding carboxylic acids is 1. The van der Waals surface area contributed by atoms with Crippen molar-refractivity contribution >= 4 is 11.6 Å². The van der Waals surface area contributed by atoms with E-state index >= 15 is 0 Å². The second-order valence-corrected chi connectivity index (χ2v) is 4.90. The SMILES string of the molecule is O=C(Nc1ccc2c(c1)CNCC2)[C@@H]1CCCO1. The number of rotatable bonds is 2. The van der Waals surface area contributed by atoms with Crippen molar-refractivity contribution in [2.24, 2.45) is 0 Å². The molecule has 96 valence electrons. The van der Waals surface area contributed by atoms with Crippen molar-refractivity contribution in [3.05, 3.63) is 29.3 Å². The summed E-state index contributed by atoms with van der Waals surface area (Å²) in [5.74, 6) is -0.0174. The van der Waals surface area contributed by atoms with Crippen LogP contribution in [0.2, 0.25) is 0 Å². The first-order valence-electron chi connectivity index (χ1n) is 6.58. The summed E-state index contributed by atoms with van der Waals surface area (Å²) >= 11 is 0. The largest absolute Gasteiger partial charge is 0.368 e. The van der Waals surface area contributed by atoms with Crippen LogP contribution >= 0.6 is 0 Å². The molecule has 1 atom stereocenters. The standard InChI is InChI=1S/C14H18N2O2/c17-14(13-2-1-7-18-13)16-12-4-3-10-5-6-15-9-11(10)8-12/h3-4,8,13,15H,1-2,5-7,9H2,(H,16,17)/t13-/m0/s1. The zero-order valence-electron chi connectivity index (χ0n) is 10.4. The van der Waals surface area contributed by atoms with Crippen LogP contribution in [0.15, 0.2) is 18.2 Å². The van der Waals surface area contributed by atoms with Gasteiger partial charge in [0.2, 0.25) is 0 Å². The van der Waals surface area contributed by atoms with E-state index < -0.39 is 0 Å². The Balaban J connectivity index is 1.70. The molecule has 1 aromatic carbocycles. The smallest absolute Gasteiger partial charge is 0.253 e. The maximum Gasteiger partial charge on any atom is 0.253 e. The third kappa shape index (κ3) is 2.40. The molecule has 2 heterocycles. The Morgan fingerprint density at radius 1 is 1.39 bits per heavy atom. The van der Waals surface area contributed by atoms with Crippen LogP contribution in [0.4, 0.5) is 5.69 Å². The highest BCUT2D eigenvalue weighted by atomic mass is 16.5. The number of carbonyl (C=O) groups is 1. The van der Waals surface area contributed by atoms with E-state index in [1.807, 2.05) is 6.07 Å². The van der Waals surface area contributed by atoms with Crippen molar-refractivity contribution in [1.29, 1.82) is 0 Å². The molecule has 1 fully saturated rings. The van der Waals surface area contributed by atoms with Gasteiger partial charge in [-0.1, -0.05) is 6.07 Å². The number of benzene rings is 1. The van der Waals surface area contributed by atoms with Crippen LogP contribution in [0.5, 0.6) is 0 Å². The van der Waals surface area contributed by atoms with Gasteiger partial charge in [0.15, 0.2) is 0 Å². The first-order chi connectivity index (χ1) is 8.83. The first-order valence-corrected chi connectivity index (χ1v) is 6.58. The normalized spacial score (nSPS) is 22.6. The molecule has 0 spiro atoms. The molecule has 0 unspecified atom stereocenters. The summed E-state index contributed by atoms with van der Waals surface area (Å²) in [6.45, 7) is 2.62. The maximum absolute atomic E-state index is 11.9. The van der Waals surface area contributed by atoms with E-state index in [4.69, 9.17) is 4.74 Å². The van der Waals surface area contributed by atoms with E-state index in [-0.39, 0.29) is 12.0 Å². The number of amides is 1. The molecule has 2 aliphatic rings. The number of nitrogens with one attached hydrogen (secondary N) is 2. The van der Waals surface area contributed by atoms with E-state index in [0.717, 1.165) is 38.0 Å². The van der Waals surface area contributed by atoms with Gasteiger partial charge in [-0.05, 0) is 49.1 Å². The minimum atomic E-state index is -0.265. The third-order valence-electron chi connectivity index (χ3n) is 3.58. The lowest BCUT2D eigenvalue weighted by molar-refractivity contribution is -0.124. The molecule has 2 aliphatic heterocycles. The highest BCUT2D eigenvalue weighted by Gasteiger charge is 2.23. The van der Waals surface area contributed by atoms with Crippen LogP contribution in [-0.4, -0.2) is 25.2 Å². The first kappa shape index (κ1) is 11.7. The van der Waals surface area contributed by atoms with Crippen LogP contribution in [0.25, 0.3) is 0 Å². The molecule has 0 aliphatic carbocycles. The molecule has 1 saturated heterocycles. The van der Waals surface area contributed by atoms with E-state index in [1.165, 1.54) is 11.1 Å². The van der Waals surface area contributed by atoms with E-state index in [2.05, 4.69) is 22.8 Å². The fraction of sp³-hybridized carbons (Fsp3) is 0.500. The van der Waals surface area contributed by atoms with Crippen molar-refractivity contribution in [3.63, 3.8) is 0 Å². The molecule has 0 bridgehead atoms. The summed E-state index contributed by atoms with van der Waals surface area (Å²) in [6.07, 6.45) is 2.61. The second-order valence-electron chi connectivity index (χ2n) is 4.90. The van der Waals surface area contributed by atoms with Crippen molar-refractivity contribution in [2.75, 3.05) is 18.5 Å². The predicted molar refractivity (Wildman–Crippen MR) is 69.5 cm³/mol. The highest BCUT2D eigenvalue weighted by Crippen LogP contribution is 2.20. The van der Waals surface area contributed by atoms with Gasteiger partial charge >= 0.3 is 0 Å². The molecular weight excluding hydrogens is 228 g/mol. The molecular formula is C14H18N2O2. The zero-order chi connectivity index (χ0) is 12.4.